The highest BCUT2D eigenvalue weighted by Gasteiger charge is 2.23. The lowest BCUT2D eigenvalue weighted by Crippen LogP contribution is -2.41. The summed E-state index contributed by atoms with van der Waals surface area (Å²) in [6.45, 7) is 5.43. The molecule has 6 nitrogen and oxygen atoms in total. The molecule has 1 aromatic carbocycles. The monoisotopic (exact) mass is 349 g/mol. The Kier molecular flexibility index (Phi) is 7.25. The van der Waals surface area contributed by atoms with Crippen LogP contribution in [-0.4, -0.2) is 56.3 Å². The third-order valence-electron chi connectivity index (χ3n) is 4.52. The Bertz CT molecular complexity index is 595. The van der Waals surface area contributed by atoms with E-state index in [4.69, 9.17) is 9.47 Å². The second-order valence-electron chi connectivity index (χ2n) is 6.29. The van der Waals surface area contributed by atoms with E-state index in [1.165, 1.54) is 7.11 Å². The topological polar surface area (TPSA) is 65.1 Å². The first-order chi connectivity index (χ1) is 12.0. The first-order valence-corrected chi connectivity index (χ1v) is 8.66. The minimum absolute atomic E-state index is 0.0299. The fourth-order valence-electron chi connectivity index (χ4n) is 2.79. The lowest BCUT2D eigenvalue weighted by molar-refractivity contribution is -0.142. The van der Waals surface area contributed by atoms with Gasteiger partial charge in [0.15, 0.2) is 6.61 Å². The predicted octanol–water partition coefficient (Wildman–Crippen LogP) is 2.25. The molecule has 1 aliphatic heterocycles. The van der Waals surface area contributed by atoms with E-state index in [2.05, 4.69) is 4.74 Å². The summed E-state index contributed by atoms with van der Waals surface area (Å²) in [6.07, 6.45) is 2.13. The van der Waals surface area contributed by atoms with Crippen LogP contribution in [-0.2, 0) is 19.1 Å². The Morgan fingerprint density at radius 3 is 2.80 bits per heavy atom. The van der Waals surface area contributed by atoms with Crippen molar-refractivity contribution < 1.29 is 23.8 Å². The summed E-state index contributed by atoms with van der Waals surface area (Å²) in [5, 5.41) is 0. The minimum Gasteiger partial charge on any atom is -0.483 e. The SMILES string of the molecule is COC(=O)CCN(CC1CCCO1)C(=O)COc1cccc(C)c1C. The van der Waals surface area contributed by atoms with Crippen LogP contribution in [0.4, 0.5) is 0 Å². The fraction of sp³-hybridized carbons (Fsp3) is 0.579. The quantitative estimate of drug-likeness (QED) is 0.674. The first kappa shape index (κ1) is 19.2. The summed E-state index contributed by atoms with van der Waals surface area (Å²) in [4.78, 5) is 25.6. The van der Waals surface area contributed by atoms with Crippen LogP contribution in [0.5, 0.6) is 5.75 Å². The zero-order valence-corrected chi connectivity index (χ0v) is 15.2. The Morgan fingerprint density at radius 1 is 1.32 bits per heavy atom. The van der Waals surface area contributed by atoms with Gasteiger partial charge in [-0.25, -0.2) is 0 Å². The Hall–Kier alpha value is -2.08. The summed E-state index contributed by atoms with van der Waals surface area (Å²) >= 11 is 0. The third-order valence-corrected chi connectivity index (χ3v) is 4.52. The van der Waals surface area contributed by atoms with Crippen LogP contribution in [0.15, 0.2) is 18.2 Å². The van der Waals surface area contributed by atoms with Crippen LogP contribution in [0.25, 0.3) is 0 Å². The molecule has 0 radical (unpaired) electrons. The highest BCUT2D eigenvalue weighted by atomic mass is 16.5. The lowest BCUT2D eigenvalue weighted by atomic mass is 10.1. The van der Waals surface area contributed by atoms with E-state index in [9.17, 15) is 9.59 Å². The number of hydrogen-bond donors (Lipinski definition) is 0. The number of methoxy groups -OCH3 is 1. The standard InChI is InChI=1S/C19H27NO5/c1-14-6-4-8-17(15(14)2)25-13-18(21)20(10-9-19(22)23-3)12-16-7-5-11-24-16/h4,6,8,16H,5,7,9-13H2,1-3H3. The number of aryl methyl sites for hydroxylation is 1. The number of benzene rings is 1. The van der Waals surface area contributed by atoms with E-state index in [1.807, 2.05) is 32.0 Å². The Labute approximate surface area is 149 Å². The van der Waals surface area contributed by atoms with E-state index < -0.39 is 0 Å². The van der Waals surface area contributed by atoms with Crippen LogP contribution in [0.3, 0.4) is 0 Å². The van der Waals surface area contributed by atoms with Crippen molar-refractivity contribution in [1.29, 1.82) is 0 Å². The third kappa shape index (κ3) is 5.74. The Balaban J connectivity index is 1.95. The summed E-state index contributed by atoms with van der Waals surface area (Å²) < 4.78 is 16.0. The van der Waals surface area contributed by atoms with Crippen LogP contribution in [0.1, 0.15) is 30.4 Å². The van der Waals surface area contributed by atoms with Crippen LogP contribution in [0, 0.1) is 13.8 Å². The molecule has 6 heteroatoms. The molecule has 0 aliphatic carbocycles. The molecule has 1 unspecified atom stereocenters. The van der Waals surface area contributed by atoms with Crippen LogP contribution in [0.2, 0.25) is 0 Å². The van der Waals surface area contributed by atoms with Gasteiger partial charge in [-0.3, -0.25) is 9.59 Å². The van der Waals surface area contributed by atoms with Gasteiger partial charge in [0.1, 0.15) is 5.75 Å². The van der Waals surface area contributed by atoms with Crippen molar-refractivity contribution in [3.05, 3.63) is 29.3 Å². The second-order valence-corrected chi connectivity index (χ2v) is 6.29. The van der Waals surface area contributed by atoms with Crippen molar-refractivity contribution in [2.75, 3.05) is 33.4 Å². The van der Waals surface area contributed by atoms with Crippen molar-refractivity contribution in [2.45, 2.75) is 39.2 Å². The zero-order valence-electron chi connectivity index (χ0n) is 15.2. The van der Waals surface area contributed by atoms with Crippen molar-refractivity contribution in [1.82, 2.24) is 4.90 Å². The van der Waals surface area contributed by atoms with Crippen molar-refractivity contribution in [3.8, 4) is 5.75 Å². The van der Waals surface area contributed by atoms with E-state index in [-0.39, 0.29) is 31.0 Å². The maximum absolute atomic E-state index is 12.6. The van der Waals surface area contributed by atoms with Gasteiger partial charge in [0.2, 0.25) is 0 Å². The molecule has 1 saturated heterocycles. The van der Waals surface area contributed by atoms with E-state index >= 15 is 0 Å². The molecule has 1 amide bonds. The van der Waals surface area contributed by atoms with E-state index in [0.29, 0.717) is 18.8 Å². The van der Waals surface area contributed by atoms with E-state index in [0.717, 1.165) is 30.6 Å². The molecule has 1 atom stereocenters. The molecular weight excluding hydrogens is 322 g/mol. The molecule has 0 aromatic heterocycles. The van der Waals surface area contributed by atoms with Crippen LogP contribution >= 0.6 is 0 Å². The number of carbonyl (C=O) groups is 2. The summed E-state index contributed by atoms with van der Waals surface area (Å²) in [6, 6.07) is 5.77. The molecular formula is C19H27NO5. The Morgan fingerprint density at radius 2 is 2.12 bits per heavy atom. The highest BCUT2D eigenvalue weighted by molar-refractivity contribution is 5.78. The van der Waals surface area contributed by atoms with Gasteiger partial charge in [-0.2, -0.15) is 0 Å². The van der Waals surface area contributed by atoms with E-state index in [1.54, 1.807) is 4.90 Å². The average Bonchev–Trinajstić information content (AvgIpc) is 3.12. The smallest absolute Gasteiger partial charge is 0.307 e. The second kappa shape index (κ2) is 9.42. The summed E-state index contributed by atoms with van der Waals surface area (Å²) in [5.41, 5.74) is 2.14. The number of amides is 1. The number of ether oxygens (including phenoxy) is 3. The summed E-state index contributed by atoms with van der Waals surface area (Å²) in [5.74, 6) is 0.222. The fourth-order valence-corrected chi connectivity index (χ4v) is 2.79. The number of esters is 1. The maximum atomic E-state index is 12.6. The average molecular weight is 349 g/mol. The lowest BCUT2D eigenvalue weighted by Gasteiger charge is -2.25. The van der Waals surface area contributed by atoms with Gasteiger partial charge in [-0.1, -0.05) is 12.1 Å². The number of carbonyl (C=O) groups excluding carboxylic acids is 2. The predicted molar refractivity (Wildman–Crippen MR) is 93.6 cm³/mol. The molecule has 1 aromatic rings. The number of rotatable bonds is 8. The van der Waals surface area contributed by atoms with Crippen molar-refractivity contribution in [2.24, 2.45) is 0 Å². The maximum Gasteiger partial charge on any atom is 0.307 e. The number of hydrogen-bond acceptors (Lipinski definition) is 5. The van der Waals surface area contributed by atoms with Gasteiger partial charge in [0.05, 0.1) is 19.6 Å². The number of nitrogens with zero attached hydrogens (tertiary/aromatic N) is 1. The molecule has 138 valence electrons. The van der Waals surface area contributed by atoms with Gasteiger partial charge in [-0.05, 0) is 43.9 Å². The molecule has 0 N–H and O–H groups in total. The molecule has 2 rings (SSSR count). The molecule has 1 fully saturated rings. The molecule has 0 spiro atoms. The summed E-state index contributed by atoms with van der Waals surface area (Å²) in [7, 11) is 1.35. The molecule has 25 heavy (non-hydrogen) atoms. The van der Waals surface area contributed by atoms with Crippen LogP contribution < -0.4 is 4.74 Å². The van der Waals surface area contributed by atoms with Gasteiger partial charge in [-0.15, -0.1) is 0 Å². The molecule has 0 bridgehead atoms. The van der Waals surface area contributed by atoms with Gasteiger partial charge in [0, 0.05) is 19.7 Å². The largest absolute Gasteiger partial charge is 0.483 e. The van der Waals surface area contributed by atoms with Gasteiger partial charge < -0.3 is 19.1 Å². The first-order valence-electron chi connectivity index (χ1n) is 8.66. The van der Waals surface area contributed by atoms with Crippen molar-refractivity contribution in [3.63, 3.8) is 0 Å². The van der Waals surface area contributed by atoms with Gasteiger partial charge in [0.25, 0.3) is 5.91 Å². The van der Waals surface area contributed by atoms with Gasteiger partial charge >= 0.3 is 5.97 Å². The zero-order chi connectivity index (χ0) is 18.2. The molecule has 0 saturated carbocycles. The normalized spacial score (nSPS) is 16.5. The highest BCUT2D eigenvalue weighted by Crippen LogP contribution is 2.20. The van der Waals surface area contributed by atoms with Crippen molar-refractivity contribution >= 4 is 11.9 Å². The molecule has 1 aliphatic rings. The molecule has 1 heterocycles. The minimum atomic E-state index is -0.333.